The first-order valence-electron chi connectivity index (χ1n) is 11.6. The zero-order valence-electron chi connectivity index (χ0n) is 19.5. The molecule has 0 amide bonds. The van der Waals surface area contributed by atoms with Gasteiger partial charge in [0.25, 0.3) is 0 Å². The lowest BCUT2D eigenvalue weighted by molar-refractivity contribution is -0.139. The summed E-state index contributed by atoms with van der Waals surface area (Å²) in [6, 6.07) is 15.8. The Morgan fingerprint density at radius 1 is 0.829 bits per heavy atom. The van der Waals surface area contributed by atoms with Crippen LogP contribution in [0.1, 0.15) is 42.5 Å². The lowest BCUT2D eigenvalue weighted by atomic mass is 10.2. The van der Waals surface area contributed by atoms with E-state index in [0.717, 1.165) is 51.3 Å². The number of aliphatic hydroxyl groups is 1. The number of aromatic amines is 2. The van der Waals surface area contributed by atoms with Crippen molar-refractivity contribution >= 4 is 52.3 Å². The molecular formula is C27H29N5O3. The monoisotopic (exact) mass is 471 g/mol. The summed E-state index contributed by atoms with van der Waals surface area (Å²) in [4.78, 5) is 26.4. The van der Waals surface area contributed by atoms with Crippen LogP contribution in [0.15, 0.2) is 48.5 Å². The van der Waals surface area contributed by atoms with E-state index >= 15 is 0 Å². The Bertz CT molecular complexity index is 1310. The summed E-state index contributed by atoms with van der Waals surface area (Å²) in [5, 5.41) is 19.8. The molecular weight excluding hydrogens is 442 g/mol. The van der Waals surface area contributed by atoms with Crippen LogP contribution >= 0.6 is 0 Å². The van der Waals surface area contributed by atoms with E-state index in [2.05, 4.69) is 55.6 Å². The number of hydrogen-bond donors (Lipinski definition) is 5. The zero-order valence-corrected chi connectivity index (χ0v) is 19.5. The number of carboxylic acids is 1. The van der Waals surface area contributed by atoms with Crippen molar-refractivity contribution in [3.05, 3.63) is 71.3 Å². The number of carboxylic acid groups (broad SMARTS) is 1. The van der Waals surface area contributed by atoms with Crippen LogP contribution < -0.4 is 5.32 Å². The number of hydrogen-bond acceptors (Lipinski definition) is 5. The van der Waals surface area contributed by atoms with Gasteiger partial charge in [-0.3, -0.25) is 4.79 Å². The zero-order chi connectivity index (χ0) is 24.6. The van der Waals surface area contributed by atoms with Crippen LogP contribution in [0.25, 0.3) is 46.4 Å². The Hall–Kier alpha value is -4.01. The van der Waals surface area contributed by atoms with Crippen molar-refractivity contribution in [2.24, 2.45) is 0 Å². The van der Waals surface area contributed by atoms with Crippen molar-refractivity contribution < 1.29 is 15.0 Å². The number of nitrogens with zero attached hydrogens (tertiary/aromatic N) is 2. The largest absolute Gasteiger partial charge is 0.480 e. The fraction of sp³-hybridized carbons (Fsp3) is 0.222. The maximum atomic E-state index is 10.4. The lowest BCUT2D eigenvalue weighted by Crippen LogP contribution is -2.37. The Kier molecular flexibility index (Phi) is 7.87. The minimum absolute atomic E-state index is 0.0896. The smallest absolute Gasteiger partial charge is 0.320 e. The van der Waals surface area contributed by atoms with Crippen molar-refractivity contribution in [1.82, 2.24) is 25.3 Å². The molecule has 0 fully saturated rings. The topological polar surface area (TPSA) is 127 Å². The first kappa shape index (κ1) is 24.1. The van der Waals surface area contributed by atoms with Gasteiger partial charge in [0.2, 0.25) is 0 Å². The number of carbonyl (C=O) groups is 1. The van der Waals surface area contributed by atoms with Gasteiger partial charge >= 0.3 is 5.97 Å². The molecule has 3 aromatic rings. The van der Waals surface area contributed by atoms with Crippen molar-refractivity contribution in [3.63, 3.8) is 0 Å². The van der Waals surface area contributed by atoms with E-state index in [0.29, 0.717) is 6.54 Å². The molecule has 5 N–H and O–H groups in total. The van der Waals surface area contributed by atoms with Crippen LogP contribution in [0.4, 0.5) is 0 Å². The molecule has 2 aliphatic heterocycles. The highest BCUT2D eigenvalue weighted by Gasteiger charge is 2.14. The number of fused-ring (bicyclic) bond motifs is 8. The van der Waals surface area contributed by atoms with Crippen LogP contribution in [-0.2, 0) is 4.79 Å². The van der Waals surface area contributed by atoms with Crippen LogP contribution in [0, 0.1) is 0 Å². The van der Waals surface area contributed by atoms with E-state index in [1.54, 1.807) is 0 Å². The molecule has 0 saturated carbocycles. The molecule has 8 heteroatoms. The van der Waals surface area contributed by atoms with Crippen molar-refractivity contribution in [2.75, 3.05) is 13.2 Å². The number of nitrogens with one attached hydrogen (secondary N) is 3. The molecule has 0 radical (unpaired) electrons. The Morgan fingerprint density at radius 2 is 1.29 bits per heavy atom. The van der Waals surface area contributed by atoms with Gasteiger partial charge < -0.3 is 25.5 Å². The molecule has 0 aliphatic carbocycles. The van der Waals surface area contributed by atoms with Crippen LogP contribution in [0.2, 0.25) is 0 Å². The van der Waals surface area contributed by atoms with E-state index in [-0.39, 0.29) is 13.0 Å². The Balaban J connectivity index is 0.000000225. The molecule has 0 saturated heterocycles. The fourth-order valence-electron chi connectivity index (χ4n) is 3.70. The number of aliphatic carboxylic acids is 1. The maximum Gasteiger partial charge on any atom is 0.320 e. The van der Waals surface area contributed by atoms with Crippen LogP contribution in [0.5, 0.6) is 0 Å². The molecule has 1 atom stereocenters. The Labute approximate surface area is 203 Å². The number of aliphatic hydroxyl groups excluding tert-OH is 1. The molecule has 5 rings (SSSR count). The second-order valence-electron chi connectivity index (χ2n) is 8.26. The summed E-state index contributed by atoms with van der Waals surface area (Å²) < 4.78 is 0. The van der Waals surface area contributed by atoms with E-state index in [1.165, 1.54) is 0 Å². The molecule has 8 nitrogen and oxygen atoms in total. The van der Waals surface area contributed by atoms with Gasteiger partial charge in [-0.15, -0.1) is 0 Å². The van der Waals surface area contributed by atoms with Crippen molar-refractivity contribution in [3.8, 4) is 0 Å². The van der Waals surface area contributed by atoms with Gasteiger partial charge in [0.05, 0.1) is 22.8 Å². The molecule has 8 bridgehead atoms. The van der Waals surface area contributed by atoms with E-state index < -0.39 is 12.0 Å². The minimum Gasteiger partial charge on any atom is -0.480 e. The highest BCUT2D eigenvalue weighted by molar-refractivity contribution is 5.77. The molecule has 2 aliphatic rings. The predicted octanol–water partition coefficient (Wildman–Crippen LogP) is 4.48. The van der Waals surface area contributed by atoms with E-state index in [1.807, 2.05) is 49.4 Å². The molecule has 5 heterocycles. The molecule has 3 aromatic heterocycles. The predicted molar refractivity (Wildman–Crippen MR) is 140 cm³/mol. The standard InChI is InChI=1S/C20H14N4.C7H15NO3/c1-2-14-10-16-5-6-18(23-16)12-20-8-7-19(24-20)11-17-4-3-15(22-17)9-13(1)21-14;1-2-4-8-6(3-5-9)7(10)11/h1-12,21-22H;6,8-9H,2-5H2,1H3,(H,10,11). The molecule has 0 aromatic carbocycles. The van der Waals surface area contributed by atoms with Gasteiger partial charge in [-0.05, 0) is 92.2 Å². The molecule has 0 spiro atoms. The number of rotatable bonds is 6. The molecule has 180 valence electrons. The first-order valence-corrected chi connectivity index (χ1v) is 11.6. The summed E-state index contributed by atoms with van der Waals surface area (Å²) in [6.45, 7) is 2.55. The van der Waals surface area contributed by atoms with Gasteiger partial charge in [0, 0.05) is 28.7 Å². The highest BCUT2D eigenvalue weighted by Crippen LogP contribution is 2.17. The molecule has 35 heavy (non-hydrogen) atoms. The highest BCUT2D eigenvalue weighted by atomic mass is 16.4. The van der Waals surface area contributed by atoms with Gasteiger partial charge in [-0.25, -0.2) is 9.97 Å². The third-order valence-corrected chi connectivity index (χ3v) is 5.40. The number of aromatic nitrogens is 4. The second-order valence-corrected chi connectivity index (χ2v) is 8.26. The maximum absolute atomic E-state index is 10.4. The van der Waals surface area contributed by atoms with Crippen LogP contribution in [-0.4, -0.2) is 55.3 Å². The quantitative estimate of drug-likeness (QED) is 0.249. The first-order chi connectivity index (χ1) is 17.0. The van der Waals surface area contributed by atoms with Crippen molar-refractivity contribution in [2.45, 2.75) is 25.8 Å². The third-order valence-electron chi connectivity index (χ3n) is 5.40. The van der Waals surface area contributed by atoms with Gasteiger partial charge in [0.1, 0.15) is 6.04 Å². The van der Waals surface area contributed by atoms with E-state index in [9.17, 15) is 4.79 Å². The van der Waals surface area contributed by atoms with Gasteiger partial charge in [-0.1, -0.05) is 6.92 Å². The summed E-state index contributed by atoms with van der Waals surface area (Å²) in [5.74, 6) is -0.896. The van der Waals surface area contributed by atoms with Crippen molar-refractivity contribution in [1.29, 1.82) is 0 Å². The van der Waals surface area contributed by atoms with Crippen LogP contribution in [0.3, 0.4) is 0 Å². The summed E-state index contributed by atoms with van der Waals surface area (Å²) in [7, 11) is 0. The third kappa shape index (κ3) is 6.75. The van der Waals surface area contributed by atoms with E-state index in [4.69, 9.17) is 10.2 Å². The summed E-state index contributed by atoms with van der Waals surface area (Å²) in [5.41, 5.74) is 7.86. The minimum atomic E-state index is -0.896. The average Bonchev–Trinajstić information content (AvgIpc) is 3.63. The summed E-state index contributed by atoms with van der Waals surface area (Å²) >= 11 is 0. The number of H-pyrrole nitrogens is 2. The fourth-order valence-corrected chi connectivity index (χ4v) is 3.70. The average molecular weight is 472 g/mol. The summed E-state index contributed by atoms with van der Waals surface area (Å²) in [6.07, 6.45) is 9.22. The second kappa shape index (κ2) is 11.4. The van der Waals surface area contributed by atoms with Gasteiger partial charge in [-0.2, -0.15) is 0 Å². The Morgan fingerprint density at radius 3 is 1.71 bits per heavy atom. The van der Waals surface area contributed by atoms with Gasteiger partial charge in [0.15, 0.2) is 0 Å². The molecule has 1 unspecified atom stereocenters. The lowest BCUT2D eigenvalue weighted by Gasteiger charge is -2.11. The SMILES string of the molecule is C1=Cc2cc3ccc(cc4ccc(cc5nc(cc1n2)C=C5)[nH]4)[nH]3.CCCNC(CCO)C(=O)O. The normalized spacial score (nSPS) is 12.7.